The number of anilines is 6. The van der Waals surface area contributed by atoms with Crippen LogP contribution in [-0.2, 0) is 0 Å². The Bertz CT molecular complexity index is 2380. The van der Waals surface area contributed by atoms with Crippen LogP contribution in [0.1, 0.15) is 0 Å². The summed E-state index contributed by atoms with van der Waals surface area (Å²) in [6.45, 7) is 0.0165. The van der Waals surface area contributed by atoms with Crippen LogP contribution in [0.15, 0.2) is 144 Å². The number of fused-ring (bicyclic) bond motifs is 10. The lowest BCUT2D eigenvalue weighted by atomic mass is 9.33. The molecule has 10 rings (SSSR count). The number of hydrogen-bond donors (Lipinski definition) is 0. The molecular formula is C38H23BN2OS. The fourth-order valence-electron chi connectivity index (χ4n) is 7.40. The van der Waals surface area contributed by atoms with Gasteiger partial charge in [-0.2, -0.15) is 0 Å². The second kappa shape index (κ2) is 8.63. The zero-order chi connectivity index (χ0) is 28.1. The van der Waals surface area contributed by atoms with Crippen molar-refractivity contribution in [2.24, 2.45) is 0 Å². The van der Waals surface area contributed by atoms with Crippen molar-refractivity contribution in [2.75, 3.05) is 9.80 Å². The minimum absolute atomic E-state index is 0.0165. The molecule has 5 heteroatoms. The lowest BCUT2D eigenvalue weighted by molar-refractivity contribution is 0.623. The zero-order valence-corrected chi connectivity index (χ0v) is 23.9. The highest BCUT2D eigenvalue weighted by Crippen LogP contribution is 2.47. The SMILES string of the molecule is c1ccc(N2c3ccccc3B3c4c2cccc4N(c2ccccc2)c2oc4ccc5sc6ccccc6c5c4c23)cc1. The topological polar surface area (TPSA) is 19.6 Å². The fraction of sp³-hybridized carbons (Fsp3) is 0. The molecule has 0 N–H and O–H groups in total. The van der Waals surface area contributed by atoms with E-state index in [1.165, 1.54) is 53.3 Å². The molecule has 0 bridgehead atoms. The van der Waals surface area contributed by atoms with Gasteiger partial charge in [-0.1, -0.05) is 78.9 Å². The molecule has 200 valence electrons. The molecule has 0 fully saturated rings. The first-order chi connectivity index (χ1) is 21.4. The summed E-state index contributed by atoms with van der Waals surface area (Å²) in [7, 11) is 0. The predicted molar refractivity (Wildman–Crippen MR) is 183 cm³/mol. The van der Waals surface area contributed by atoms with E-state index >= 15 is 0 Å². The molecule has 3 nitrogen and oxygen atoms in total. The molecule has 0 unspecified atom stereocenters. The molecule has 0 atom stereocenters. The van der Waals surface area contributed by atoms with Gasteiger partial charge in [-0.3, -0.25) is 4.90 Å². The Morgan fingerprint density at radius 2 is 1.14 bits per heavy atom. The number of nitrogens with zero attached hydrogens (tertiary/aromatic N) is 2. The number of benzene rings is 6. The van der Waals surface area contributed by atoms with Crippen LogP contribution in [0, 0.1) is 0 Å². The van der Waals surface area contributed by atoms with E-state index in [9.17, 15) is 0 Å². The second-order valence-corrected chi connectivity index (χ2v) is 12.4. The zero-order valence-electron chi connectivity index (χ0n) is 23.1. The lowest BCUT2D eigenvalue weighted by Crippen LogP contribution is -2.61. The van der Waals surface area contributed by atoms with Crippen LogP contribution in [0.25, 0.3) is 31.1 Å². The largest absolute Gasteiger partial charge is 0.440 e. The number of rotatable bonds is 2. The highest BCUT2D eigenvalue weighted by atomic mass is 32.1. The molecule has 0 saturated carbocycles. The number of thiophene rings is 1. The standard InChI is InChI=1S/C38H23BN2OS/c1-3-12-24(13-4-1)40-28-18-9-8-17-27(28)39-36-29(40)19-11-20-30(36)41(25-14-5-2-6-15-25)38-37(39)35-31(42-38)22-23-33-34(35)26-16-7-10-21-32(26)43-33/h1-23H. The van der Waals surface area contributed by atoms with Crippen molar-refractivity contribution in [2.45, 2.75) is 0 Å². The van der Waals surface area contributed by atoms with E-state index in [0.29, 0.717) is 0 Å². The van der Waals surface area contributed by atoms with Crippen LogP contribution >= 0.6 is 11.3 Å². The first-order valence-corrected chi connectivity index (χ1v) is 15.5. The molecule has 0 aliphatic carbocycles. The van der Waals surface area contributed by atoms with Gasteiger partial charge in [-0.25, -0.2) is 0 Å². The summed E-state index contributed by atoms with van der Waals surface area (Å²) >= 11 is 1.86. The van der Waals surface area contributed by atoms with Gasteiger partial charge in [0.15, 0.2) is 0 Å². The van der Waals surface area contributed by atoms with Crippen molar-refractivity contribution in [3.05, 3.63) is 140 Å². The molecule has 2 aliphatic heterocycles. The van der Waals surface area contributed by atoms with E-state index < -0.39 is 0 Å². The average molecular weight is 566 g/mol. The Balaban J connectivity index is 1.39. The Labute approximate surface area is 252 Å². The molecule has 2 aliphatic rings. The normalized spacial score (nSPS) is 13.4. The highest BCUT2D eigenvalue weighted by molar-refractivity contribution is 7.26. The van der Waals surface area contributed by atoms with Crippen molar-refractivity contribution in [3.63, 3.8) is 0 Å². The summed E-state index contributed by atoms with van der Waals surface area (Å²) in [5.41, 5.74) is 10.6. The minimum Gasteiger partial charge on any atom is -0.440 e. The fourth-order valence-corrected chi connectivity index (χ4v) is 8.51. The summed E-state index contributed by atoms with van der Waals surface area (Å²) in [5, 5.41) is 3.80. The van der Waals surface area contributed by atoms with E-state index in [1.807, 2.05) is 11.3 Å². The average Bonchev–Trinajstić information content (AvgIpc) is 3.64. The maximum Gasteiger partial charge on any atom is 0.257 e. The molecule has 8 aromatic rings. The van der Waals surface area contributed by atoms with Gasteiger partial charge in [0.2, 0.25) is 5.88 Å². The summed E-state index contributed by atoms with van der Waals surface area (Å²) < 4.78 is 9.57. The van der Waals surface area contributed by atoms with E-state index in [4.69, 9.17) is 4.42 Å². The van der Waals surface area contributed by atoms with E-state index in [2.05, 4.69) is 149 Å². The monoisotopic (exact) mass is 566 g/mol. The predicted octanol–water partition coefficient (Wildman–Crippen LogP) is 8.88. The molecule has 43 heavy (non-hydrogen) atoms. The van der Waals surface area contributed by atoms with Gasteiger partial charge in [0.25, 0.3) is 6.71 Å². The van der Waals surface area contributed by atoms with Gasteiger partial charge in [-0.15, -0.1) is 11.3 Å². The van der Waals surface area contributed by atoms with E-state index in [1.54, 1.807) is 0 Å². The van der Waals surface area contributed by atoms with Crippen LogP contribution in [0.3, 0.4) is 0 Å². The minimum atomic E-state index is 0.0165. The van der Waals surface area contributed by atoms with Gasteiger partial charge >= 0.3 is 0 Å². The van der Waals surface area contributed by atoms with Crippen molar-refractivity contribution in [3.8, 4) is 0 Å². The van der Waals surface area contributed by atoms with Crippen LogP contribution in [-0.4, -0.2) is 6.71 Å². The summed E-state index contributed by atoms with van der Waals surface area (Å²) in [4.78, 5) is 4.76. The van der Waals surface area contributed by atoms with Crippen LogP contribution < -0.4 is 26.2 Å². The van der Waals surface area contributed by atoms with E-state index in [0.717, 1.165) is 28.5 Å². The summed E-state index contributed by atoms with van der Waals surface area (Å²) in [6.07, 6.45) is 0. The Kier molecular flexibility index (Phi) is 4.68. The lowest BCUT2D eigenvalue weighted by Gasteiger charge is -2.42. The van der Waals surface area contributed by atoms with Crippen LogP contribution in [0.5, 0.6) is 0 Å². The third-order valence-corrected chi connectivity index (χ3v) is 10.2. The molecule has 0 saturated heterocycles. The van der Waals surface area contributed by atoms with Crippen LogP contribution in [0.4, 0.5) is 34.3 Å². The van der Waals surface area contributed by atoms with Crippen molar-refractivity contribution < 1.29 is 4.42 Å². The molecule has 4 heterocycles. The van der Waals surface area contributed by atoms with Gasteiger partial charge in [0, 0.05) is 59.5 Å². The Morgan fingerprint density at radius 3 is 1.95 bits per heavy atom. The van der Waals surface area contributed by atoms with Crippen molar-refractivity contribution >= 4 is 99.9 Å². The van der Waals surface area contributed by atoms with Crippen LogP contribution in [0.2, 0.25) is 0 Å². The number of furan rings is 1. The molecule has 6 aromatic carbocycles. The Morgan fingerprint density at radius 1 is 0.488 bits per heavy atom. The molecular weight excluding hydrogens is 543 g/mol. The van der Waals surface area contributed by atoms with E-state index in [-0.39, 0.29) is 6.71 Å². The van der Waals surface area contributed by atoms with Crippen molar-refractivity contribution in [1.29, 1.82) is 0 Å². The van der Waals surface area contributed by atoms with Gasteiger partial charge in [0.05, 0.1) is 0 Å². The molecule has 0 amide bonds. The third-order valence-electron chi connectivity index (χ3n) is 9.05. The molecule has 0 spiro atoms. The summed E-state index contributed by atoms with van der Waals surface area (Å²) in [5.74, 6) is 0.904. The first-order valence-electron chi connectivity index (χ1n) is 14.7. The number of hydrogen-bond acceptors (Lipinski definition) is 4. The first kappa shape index (κ1) is 23.3. The van der Waals surface area contributed by atoms with Gasteiger partial charge < -0.3 is 9.32 Å². The number of para-hydroxylation sites is 3. The van der Waals surface area contributed by atoms with Gasteiger partial charge in [0.1, 0.15) is 5.58 Å². The maximum atomic E-state index is 6.98. The summed E-state index contributed by atoms with van der Waals surface area (Å²) in [6, 6.07) is 50.2. The second-order valence-electron chi connectivity index (χ2n) is 11.3. The molecule has 0 radical (unpaired) electrons. The Hall–Kier alpha value is -5.26. The van der Waals surface area contributed by atoms with Crippen molar-refractivity contribution in [1.82, 2.24) is 0 Å². The van der Waals surface area contributed by atoms with Gasteiger partial charge in [-0.05, 0) is 71.6 Å². The third kappa shape index (κ3) is 3.09. The highest BCUT2D eigenvalue weighted by Gasteiger charge is 2.46. The quantitative estimate of drug-likeness (QED) is 0.195. The maximum absolute atomic E-state index is 6.98. The molecule has 2 aromatic heterocycles. The smallest absolute Gasteiger partial charge is 0.257 e.